The number of carbonyl (C=O) groups excluding carboxylic acids is 1. The first-order valence-corrected chi connectivity index (χ1v) is 7.86. The Morgan fingerprint density at radius 1 is 1.04 bits per heavy atom. The van der Waals surface area contributed by atoms with Gasteiger partial charge in [-0.05, 0) is 36.8 Å². The van der Waals surface area contributed by atoms with Crippen LogP contribution in [0.2, 0.25) is 0 Å². The van der Waals surface area contributed by atoms with Crippen LogP contribution >= 0.6 is 0 Å². The van der Waals surface area contributed by atoms with E-state index in [2.05, 4.69) is 0 Å². The third kappa shape index (κ3) is 5.84. The summed E-state index contributed by atoms with van der Waals surface area (Å²) in [6.45, 7) is 1.75. The van der Waals surface area contributed by atoms with Crippen LogP contribution in [0.4, 0.5) is 0 Å². The van der Waals surface area contributed by atoms with Gasteiger partial charge in [-0.2, -0.15) is 0 Å². The molecule has 6 heteroatoms. The van der Waals surface area contributed by atoms with Crippen molar-refractivity contribution in [2.75, 3.05) is 13.7 Å². The lowest BCUT2D eigenvalue weighted by Gasteiger charge is -2.22. The van der Waals surface area contributed by atoms with E-state index in [1.54, 1.807) is 55.3 Å². The molecule has 132 valence electrons. The first-order valence-electron chi connectivity index (χ1n) is 7.86. The monoisotopic (exact) mass is 343 g/mol. The highest BCUT2D eigenvalue weighted by molar-refractivity contribution is 5.80. The lowest BCUT2D eigenvalue weighted by Crippen LogP contribution is -2.37. The molecule has 6 nitrogen and oxygen atoms in total. The van der Waals surface area contributed by atoms with Gasteiger partial charge >= 0.3 is 5.97 Å². The second-order valence-corrected chi connectivity index (χ2v) is 5.59. The second-order valence-electron chi connectivity index (χ2n) is 5.59. The molecule has 0 saturated heterocycles. The van der Waals surface area contributed by atoms with Crippen LogP contribution in [-0.4, -0.2) is 41.6 Å². The van der Waals surface area contributed by atoms with Gasteiger partial charge in [0, 0.05) is 13.6 Å². The molecule has 2 rings (SSSR count). The van der Waals surface area contributed by atoms with Crippen LogP contribution in [0.3, 0.4) is 0 Å². The van der Waals surface area contributed by atoms with Crippen molar-refractivity contribution in [3.63, 3.8) is 0 Å². The van der Waals surface area contributed by atoms with Gasteiger partial charge in [-0.1, -0.05) is 30.3 Å². The molecule has 0 heterocycles. The number of rotatable bonds is 8. The third-order valence-electron chi connectivity index (χ3n) is 3.49. The number of para-hydroxylation sites is 1. The van der Waals surface area contributed by atoms with E-state index in [-0.39, 0.29) is 12.5 Å². The quantitative estimate of drug-likeness (QED) is 0.797. The van der Waals surface area contributed by atoms with E-state index in [1.165, 1.54) is 0 Å². The first-order chi connectivity index (χ1) is 12.0. The van der Waals surface area contributed by atoms with Crippen molar-refractivity contribution in [2.45, 2.75) is 19.6 Å². The Labute approximate surface area is 146 Å². The van der Waals surface area contributed by atoms with E-state index >= 15 is 0 Å². The lowest BCUT2D eigenvalue weighted by molar-refractivity contribution is -0.139. The summed E-state index contributed by atoms with van der Waals surface area (Å²) in [5.41, 5.74) is 0.908. The molecule has 25 heavy (non-hydrogen) atoms. The molecule has 0 aromatic heterocycles. The average Bonchev–Trinajstić information content (AvgIpc) is 2.61. The third-order valence-corrected chi connectivity index (χ3v) is 3.49. The molecule has 1 unspecified atom stereocenters. The predicted molar refractivity (Wildman–Crippen MR) is 92.6 cm³/mol. The van der Waals surface area contributed by atoms with Crippen molar-refractivity contribution in [3.05, 3.63) is 60.2 Å². The van der Waals surface area contributed by atoms with E-state index < -0.39 is 12.1 Å². The van der Waals surface area contributed by atoms with Crippen molar-refractivity contribution < 1.29 is 24.2 Å². The van der Waals surface area contributed by atoms with Crippen LogP contribution in [0, 0.1) is 0 Å². The number of amides is 1. The maximum Gasteiger partial charge on any atom is 0.341 e. The minimum Gasteiger partial charge on any atom is -0.482 e. The standard InChI is InChI=1S/C19H21NO5/c1-14(25-17-6-4-3-5-7-17)19(23)20(2)12-15-8-10-16(11-9-15)24-13-18(21)22/h3-11,14H,12-13H2,1-2H3,(H,21,22). The molecule has 0 aliphatic rings. The fourth-order valence-electron chi connectivity index (χ4n) is 2.25. The van der Waals surface area contributed by atoms with E-state index in [9.17, 15) is 9.59 Å². The van der Waals surface area contributed by atoms with Gasteiger partial charge in [-0.3, -0.25) is 4.79 Å². The van der Waals surface area contributed by atoms with Crippen LogP contribution in [0.25, 0.3) is 0 Å². The highest BCUT2D eigenvalue weighted by Crippen LogP contribution is 2.15. The van der Waals surface area contributed by atoms with Gasteiger partial charge in [0.15, 0.2) is 12.7 Å². The summed E-state index contributed by atoms with van der Waals surface area (Å²) in [6, 6.07) is 16.2. The normalized spacial score (nSPS) is 11.4. The first kappa shape index (κ1) is 18.3. The number of nitrogens with zero attached hydrogens (tertiary/aromatic N) is 1. The van der Waals surface area contributed by atoms with Crippen molar-refractivity contribution >= 4 is 11.9 Å². The summed E-state index contributed by atoms with van der Waals surface area (Å²) in [7, 11) is 1.71. The Kier molecular flexibility index (Phi) is 6.39. The number of benzene rings is 2. The second kappa shape index (κ2) is 8.73. The van der Waals surface area contributed by atoms with Crippen molar-refractivity contribution in [3.8, 4) is 11.5 Å². The molecular formula is C19H21NO5. The number of hydrogen-bond donors (Lipinski definition) is 1. The highest BCUT2D eigenvalue weighted by Gasteiger charge is 2.19. The van der Waals surface area contributed by atoms with E-state index in [0.29, 0.717) is 18.0 Å². The van der Waals surface area contributed by atoms with Gasteiger partial charge in [0.25, 0.3) is 5.91 Å². The summed E-state index contributed by atoms with van der Waals surface area (Å²) < 4.78 is 10.7. The smallest absolute Gasteiger partial charge is 0.341 e. The van der Waals surface area contributed by atoms with Gasteiger partial charge in [-0.25, -0.2) is 4.79 Å². The zero-order valence-corrected chi connectivity index (χ0v) is 14.2. The molecule has 0 fully saturated rings. The van der Waals surface area contributed by atoms with Gasteiger partial charge in [0.2, 0.25) is 0 Å². The van der Waals surface area contributed by atoms with Crippen LogP contribution < -0.4 is 9.47 Å². The molecule has 1 atom stereocenters. The highest BCUT2D eigenvalue weighted by atomic mass is 16.5. The molecule has 0 bridgehead atoms. The molecule has 1 amide bonds. The molecule has 2 aromatic rings. The maximum atomic E-state index is 12.4. The summed E-state index contributed by atoms with van der Waals surface area (Å²) in [6.07, 6.45) is -0.592. The SMILES string of the molecule is CC(Oc1ccccc1)C(=O)N(C)Cc1ccc(OCC(=O)O)cc1. The predicted octanol–water partition coefficient (Wildman–Crippen LogP) is 2.58. The molecule has 0 radical (unpaired) electrons. The molecule has 2 aromatic carbocycles. The Hall–Kier alpha value is -3.02. The Balaban J connectivity index is 1.88. The fraction of sp³-hybridized carbons (Fsp3) is 0.263. The number of carbonyl (C=O) groups is 2. The Bertz CT molecular complexity index is 700. The maximum absolute atomic E-state index is 12.4. The van der Waals surface area contributed by atoms with Gasteiger partial charge in [0.1, 0.15) is 11.5 Å². The minimum absolute atomic E-state index is 0.130. The molecule has 1 N–H and O–H groups in total. The van der Waals surface area contributed by atoms with Gasteiger partial charge in [-0.15, -0.1) is 0 Å². The van der Waals surface area contributed by atoms with Crippen LogP contribution in [0.5, 0.6) is 11.5 Å². The van der Waals surface area contributed by atoms with E-state index in [4.69, 9.17) is 14.6 Å². The summed E-state index contributed by atoms with van der Waals surface area (Å²) in [4.78, 5) is 24.5. The van der Waals surface area contributed by atoms with Gasteiger partial charge in [0.05, 0.1) is 0 Å². The Morgan fingerprint density at radius 2 is 1.68 bits per heavy atom. The van der Waals surface area contributed by atoms with Crippen LogP contribution in [0.15, 0.2) is 54.6 Å². The van der Waals surface area contributed by atoms with E-state index in [0.717, 1.165) is 5.56 Å². The zero-order valence-electron chi connectivity index (χ0n) is 14.2. The van der Waals surface area contributed by atoms with Crippen LogP contribution in [-0.2, 0) is 16.1 Å². The molecule has 0 aliphatic carbocycles. The number of hydrogen-bond acceptors (Lipinski definition) is 4. The van der Waals surface area contributed by atoms with Crippen molar-refractivity contribution in [1.29, 1.82) is 0 Å². The van der Waals surface area contributed by atoms with Gasteiger partial charge < -0.3 is 19.5 Å². The molecule has 0 saturated carbocycles. The molecular weight excluding hydrogens is 322 g/mol. The Morgan fingerprint density at radius 3 is 2.28 bits per heavy atom. The van der Waals surface area contributed by atoms with Crippen molar-refractivity contribution in [1.82, 2.24) is 4.90 Å². The lowest BCUT2D eigenvalue weighted by atomic mass is 10.2. The summed E-state index contributed by atoms with van der Waals surface area (Å²) >= 11 is 0. The topological polar surface area (TPSA) is 76.1 Å². The molecule has 0 aliphatic heterocycles. The van der Waals surface area contributed by atoms with Crippen molar-refractivity contribution in [2.24, 2.45) is 0 Å². The zero-order chi connectivity index (χ0) is 18.2. The molecule has 0 spiro atoms. The number of aliphatic carboxylic acids is 1. The average molecular weight is 343 g/mol. The number of likely N-dealkylation sites (N-methyl/N-ethyl adjacent to an activating group) is 1. The fourth-order valence-corrected chi connectivity index (χ4v) is 2.25. The largest absolute Gasteiger partial charge is 0.482 e. The summed E-state index contributed by atoms with van der Waals surface area (Å²) in [5.74, 6) is -0.0329. The number of carboxylic acid groups (broad SMARTS) is 1. The minimum atomic E-state index is -1.03. The van der Waals surface area contributed by atoms with E-state index in [1.807, 2.05) is 18.2 Å². The number of carboxylic acids is 1. The number of ether oxygens (including phenoxy) is 2. The van der Waals surface area contributed by atoms with Crippen LogP contribution in [0.1, 0.15) is 12.5 Å². The summed E-state index contributed by atoms with van der Waals surface area (Å²) in [5, 5.41) is 8.59.